The third-order valence-electron chi connectivity index (χ3n) is 2.24. The number of nitrogens with one attached hydrogen (secondary N) is 1. The van der Waals surface area contributed by atoms with Crippen LogP contribution in [0.15, 0.2) is 14.0 Å². The van der Waals surface area contributed by atoms with Gasteiger partial charge in [0.1, 0.15) is 6.73 Å². The number of aromatic amines is 1. The molecule has 7 nitrogen and oxygen atoms in total. The van der Waals surface area contributed by atoms with E-state index in [0.717, 1.165) is 4.90 Å². The highest BCUT2D eigenvalue weighted by Gasteiger charge is 2.32. The van der Waals surface area contributed by atoms with E-state index in [9.17, 15) is 14.4 Å². The van der Waals surface area contributed by atoms with Crippen molar-refractivity contribution in [2.24, 2.45) is 0 Å². The Hall–Kier alpha value is -1.89. The Labute approximate surface area is 89.6 Å². The molecule has 86 valence electrons. The summed E-state index contributed by atoms with van der Waals surface area (Å²) < 4.78 is 9.85. The predicted octanol–water partition coefficient (Wildman–Crippen LogP) is -0.789. The summed E-state index contributed by atoms with van der Waals surface area (Å²) in [6, 6.07) is 0. The van der Waals surface area contributed by atoms with Crippen LogP contribution in [0.3, 0.4) is 0 Å². The number of carbonyl (C=O) groups excluding carboxylic acids is 1. The average molecular weight is 226 g/mol. The van der Waals surface area contributed by atoms with Crippen molar-refractivity contribution in [3.05, 3.63) is 26.5 Å². The minimum absolute atomic E-state index is 0.00722. The molecule has 1 aromatic rings. The largest absolute Gasteiger partial charge is 0.420 e. The molecule has 2 heterocycles. The summed E-state index contributed by atoms with van der Waals surface area (Å²) in [6.45, 7) is 2.18. The first kappa shape index (κ1) is 10.6. The molecule has 1 aromatic heterocycles. The third kappa shape index (κ3) is 1.65. The van der Waals surface area contributed by atoms with Crippen molar-refractivity contribution >= 4 is 11.8 Å². The molecular weight excluding hydrogens is 216 g/mol. The highest BCUT2D eigenvalue weighted by molar-refractivity contribution is 5.99. The lowest BCUT2D eigenvalue weighted by Crippen LogP contribution is -2.30. The van der Waals surface area contributed by atoms with Crippen LogP contribution in [0.2, 0.25) is 0 Å². The zero-order chi connectivity index (χ0) is 11.7. The Kier molecular flexibility index (Phi) is 2.61. The molecule has 0 bridgehead atoms. The van der Waals surface area contributed by atoms with E-state index in [4.69, 9.17) is 9.15 Å². The maximum absolute atomic E-state index is 11.5. The maximum atomic E-state index is 11.5. The second-order valence-corrected chi connectivity index (χ2v) is 3.25. The quantitative estimate of drug-likeness (QED) is 0.729. The Morgan fingerprint density at radius 3 is 2.88 bits per heavy atom. The fraction of sp³-hybridized carbons (Fsp3) is 0.444. The van der Waals surface area contributed by atoms with E-state index in [1.54, 1.807) is 6.92 Å². The third-order valence-corrected chi connectivity index (χ3v) is 2.24. The molecule has 16 heavy (non-hydrogen) atoms. The van der Waals surface area contributed by atoms with Crippen LogP contribution in [0.4, 0.5) is 5.88 Å². The summed E-state index contributed by atoms with van der Waals surface area (Å²) in [7, 11) is 0. The SMILES string of the molecule is CCOCN1C(=O)Cc2c1oc(=O)[nH]c2=O. The highest BCUT2D eigenvalue weighted by atomic mass is 16.5. The van der Waals surface area contributed by atoms with Crippen molar-refractivity contribution in [2.45, 2.75) is 13.3 Å². The minimum Gasteiger partial charge on any atom is -0.392 e. The van der Waals surface area contributed by atoms with Crippen LogP contribution in [0, 0.1) is 0 Å². The highest BCUT2D eigenvalue weighted by Crippen LogP contribution is 2.23. The number of H-pyrrole nitrogens is 1. The Morgan fingerprint density at radius 2 is 2.19 bits per heavy atom. The first-order valence-corrected chi connectivity index (χ1v) is 4.78. The molecule has 0 saturated carbocycles. The number of anilines is 1. The van der Waals surface area contributed by atoms with E-state index in [1.165, 1.54) is 0 Å². The lowest BCUT2D eigenvalue weighted by atomic mass is 10.3. The molecule has 1 amide bonds. The van der Waals surface area contributed by atoms with Gasteiger partial charge in [0.2, 0.25) is 11.8 Å². The molecule has 0 atom stereocenters. The molecule has 0 radical (unpaired) electrons. The average Bonchev–Trinajstić information content (AvgIpc) is 2.53. The smallest absolute Gasteiger partial charge is 0.392 e. The van der Waals surface area contributed by atoms with Gasteiger partial charge < -0.3 is 9.15 Å². The number of aromatic nitrogens is 1. The fourth-order valence-electron chi connectivity index (χ4n) is 1.49. The Bertz CT molecular complexity index is 529. The lowest BCUT2D eigenvalue weighted by molar-refractivity contribution is -0.118. The fourth-order valence-corrected chi connectivity index (χ4v) is 1.49. The van der Waals surface area contributed by atoms with E-state index in [-0.39, 0.29) is 30.5 Å². The van der Waals surface area contributed by atoms with Gasteiger partial charge in [-0.2, -0.15) is 0 Å². The summed E-state index contributed by atoms with van der Waals surface area (Å²) in [5, 5.41) is 0. The Morgan fingerprint density at radius 1 is 1.44 bits per heavy atom. The molecule has 0 aromatic carbocycles. The molecule has 1 N–H and O–H groups in total. The zero-order valence-electron chi connectivity index (χ0n) is 8.61. The van der Waals surface area contributed by atoms with Crippen LogP contribution in [-0.4, -0.2) is 24.2 Å². The van der Waals surface area contributed by atoms with Gasteiger partial charge in [-0.1, -0.05) is 0 Å². The summed E-state index contributed by atoms with van der Waals surface area (Å²) >= 11 is 0. The van der Waals surface area contributed by atoms with Gasteiger partial charge >= 0.3 is 5.76 Å². The summed E-state index contributed by atoms with van der Waals surface area (Å²) in [4.78, 5) is 37.0. The number of carbonyl (C=O) groups is 1. The van der Waals surface area contributed by atoms with Gasteiger partial charge in [-0.15, -0.1) is 0 Å². The van der Waals surface area contributed by atoms with Gasteiger partial charge in [-0.05, 0) is 6.92 Å². The molecular formula is C9H10N2O5. The second kappa shape index (κ2) is 3.93. The van der Waals surface area contributed by atoms with Gasteiger partial charge in [0.25, 0.3) is 5.56 Å². The molecule has 0 unspecified atom stereocenters. The van der Waals surface area contributed by atoms with E-state index >= 15 is 0 Å². The number of rotatable bonds is 3. The van der Waals surface area contributed by atoms with Crippen molar-refractivity contribution in [1.29, 1.82) is 0 Å². The number of hydrogen-bond donors (Lipinski definition) is 1. The summed E-state index contributed by atoms with van der Waals surface area (Å²) in [5.74, 6) is -1.20. The number of nitrogens with zero attached hydrogens (tertiary/aromatic N) is 1. The van der Waals surface area contributed by atoms with Crippen LogP contribution in [0.1, 0.15) is 12.5 Å². The van der Waals surface area contributed by atoms with Gasteiger partial charge in [0.15, 0.2) is 0 Å². The standard InChI is InChI=1S/C9H10N2O5/c1-2-15-4-11-6(12)3-5-7(13)10-9(14)16-8(5)11/h2-4H2,1H3,(H,10,13,14). The summed E-state index contributed by atoms with van der Waals surface area (Å²) in [5.41, 5.74) is -0.414. The molecule has 0 aliphatic carbocycles. The van der Waals surface area contributed by atoms with Gasteiger partial charge in [-0.3, -0.25) is 19.5 Å². The molecule has 0 spiro atoms. The topological polar surface area (TPSA) is 92.6 Å². The first-order chi connectivity index (χ1) is 7.63. The van der Waals surface area contributed by atoms with E-state index < -0.39 is 11.3 Å². The second-order valence-electron chi connectivity index (χ2n) is 3.25. The Balaban J connectivity index is 2.44. The van der Waals surface area contributed by atoms with E-state index in [1.807, 2.05) is 4.98 Å². The monoisotopic (exact) mass is 226 g/mol. The van der Waals surface area contributed by atoms with Gasteiger partial charge in [0.05, 0.1) is 12.0 Å². The maximum Gasteiger partial charge on any atom is 0.420 e. The summed E-state index contributed by atoms with van der Waals surface area (Å²) in [6.07, 6.45) is -0.0679. The van der Waals surface area contributed by atoms with E-state index in [0.29, 0.717) is 6.61 Å². The first-order valence-electron chi connectivity index (χ1n) is 4.78. The van der Waals surface area contributed by atoms with Crippen LogP contribution in [0.25, 0.3) is 0 Å². The van der Waals surface area contributed by atoms with E-state index in [2.05, 4.69) is 0 Å². The van der Waals surface area contributed by atoms with Crippen molar-refractivity contribution in [1.82, 2.24) is 4.98 Å². The minimum atomic E-state index is -0.875. The number of amides is 1. The van der Waals surface area contributed by atoms with Crippen molar-refractivity contribution in [3.63, 3.8) is 0 Å². The van der Waals surface area contributed by atoms with Gasteiger partial charge in [0, 0.05) is 6.61 Å². The molecule has 0 saturated heterocycles. The van der Waals surface area contributed by atoms with Crippen molar-refractivity contribution in [2.75, 3.05) is 18.2 Å². The molecule has 1 aliphatic rings. The molecule has 1 aliphatic heterocycles. The number of fused-ring (bicyclic) bond motifs is 1. The predicted molar refractivity (Wildman–Crippen MR) is 53.3 cm³/mol. The lowest BCUT2D eigenvalue weighted by Gasteiger charge is -2.14. The van der Waals surface area contributed by atoms with Crippen molar-refractivity contribution < 1.29 is 13.9 Å². The number of ether oxygens (including phenoxy) is 1. The number of hydrogen-bond acceptors (Lipinski definition) is 5. The molecule has 7 heteroatoms. The van der Waals surface area contributed by atoms with Crippen LogP contribution in [0.5, 0.6) is 0 Å². The van der Waals surface area contributed by atoms with Crippen LogP contribution < -0.4 is 16.2 Å². The van der Waals surface area contributed by atoms with Gasteiger partial charge in [-0.25, -0.2) is 4.79 Å². The van der Waals surface area contributed by atoms with Crippen LogP contribution in [-0.2, 0) is 16.0 Å². The van der Waals surface area contributed by atoms with Crippen molar-refractivity contribution in [3.8, 4) is 0 Å². The molecule has 2 rings (SSSR count). The zero-order valence-corrected chi connectivity index (χ0v) is 8.61. The molecule has 0 fully saturated rings. The van der Waals surface area contributed by atoms with Crippen LogP contribution >= 0.6 is 0 Å². The normalized spacial score (nSPS) is 14.3.